The van der Waals surface area contributed by atoms with Gasteiger partial charge < -0.3 is 0 Å². The minimum atomic E-state index is -3.96. The summed E-state index contributed by atoms with van der Waals surface area (Å²) in [5.74, 6) is 0. The Morgan fingerprint density at radius 3 is 2.43 bits per heavy atom. The zero-order valence-electron chi connectivity index (χ0n) is 6.89. The van der Waals surface area contributed by atoms with Crippen molar-refractivity contribution in [2.45, 2.75) is 0 Å². The van der Waals surface area contributed by atoms with Crippen molar-refractivity contribution in [3.05, 3.63) is 30.3 Å². The molecule has 0 spiro atoms. The Morgan fingerprint density at radius 1 is 1.29 bits per heavy atom. The van der Waals surface area contributed by atoms with Gasteiger partial charge in [-0.15, -0.1) is 0 Å². The second kappa shape index (κ2) is 2.36. The van der Waals surface area contributed by atoms with Crippen LogP contribution in [0, 0.1) is 0 Å². The van der Waals surface area contributed by atoms with E-state index in [-0.39, 0.29) is 0 Å². The molecule has 0 saturated heterocycles. The van der Waals surface area contributed by atoms with Crippen LogP contribution in [0.5, 0.6) is 0 Å². The van der Waals surface area contributed by atoms with Crippen molar-refractivity contribution < 1.29 is 0 Å². The third kappa shape index (κ3) is 1.51. The summed E-state index contributed by atoms with van der Waals surface area (Å²) in [6, 6.07) is 8.78. The molecule has 0 amide bonds. The van der Waals surface area contributed by atoms with Gasteiger partial charge in [-0.3, -0.25) is 0 Å². The van der Waals surface area contributed by atoms with Crippen LogP contribution in [0.2, 0.25) is 0 Å². The van der Waals surface area contributed by atoms with Crippen molar-refractivity contribution in [2.75, 3.05) is 0 Å². The average Bonchev–Trinajstić information content (AvgIpc) is 1.88. The zero-order valence-corrected chi connectivity index (χ0v) is 6.74. The Balaban J connectivity index is 2.97. The minimum absolute atomic E-state index is 0.608. The van der Waals surface area contributed by atoms with E-state index in [9.17, 15) is 0 Å². The predicted molar refractivity (Wildman–Crippen MR) is 36.0 cm³/mol. The van der Waals surface area contributed by atoms with Crippen LogP contribution < -0.4 is 3.58 Å². The fourth-order valence-corrected chi connectivity index (χ4v) is 0.987. The van der Waals surface area contributed by atoms with Gasteiger partial charge in [-0.2, -0.15) is 0 Å². The Hall–Kier alpha value is 0.0187. The summed E-state index contributed by atoms with van der Waals surface area (Å²) >= 11 is -3.96. The first-order valence-electron chi connectivity index (χ1n) is 3.66. The molecular formula is C6H8Sn. The standard InChI is InChI=1S/C6H5.Sn.3H/c1-2-4-6-5-3-1;;;;/h1-5H;;;;/i;;3*1+1. The topological polar surface area (TPSA) is 0 Å². The molecule has 0 saturated carbocycles. The zero-order chi connectivity index (χ0) is 7.61. The van der Waals surface area contributed by atoms with Crippen molar-refractivity contribution in [1.82, 2.24) is 0 Å². The van der Waals surface area contributed by atoms with Gasteiger partial charge in [-0.1, -0.05) is 0 Å². The molecule has 1 aromatic carbocycles. The number of hydrogen-bond donors (Lipinski definition) is 0. The van der Waals surface area contributed by atoms with Gasteiger partial charge >= 0.3 is 57.6 Å². The summed E-state index contributed by atoms with van der Waals surface area (Å²) in [6.07, 6.45) is 0. The van der Waals surface area contributed by atoms with Crippen LogP contribution in [0.1, 0.15) is 0 Å². The van der Waals surface area contributed by atoms with E-state index in [1.54, 1.807) is 24.3 Å². The summed E-state index contributed by atoms with van der Waals surface area (Å²) in [7, 11) is 0. The van der Waals surface area contributed by atoms with E-state index in [1.165, 1.54) is 0 Å². The van der Waals surface area contributed by atoms with Crippen LogP contribution in [0.3, 0.4) is 0 Å². The molecule has 0 bridgehead atoms. The van der Waals surface area contributed by atoms with Crippen molar-refractivity contribution in [1.29, 1.82) is 1.79 Å². The van der Waals surface area contributed by atoms with Crippen LogP contribution in [-0.2, 0) is 0 Å². The third-order valence-electron chi connectivity index (χ3n) is 0.774. The fourth-order valence-electron chi connectivity index (χ4n) is 0.438. The van der Waals surface area contributed by atoms with E-state index < -0.39 is 21.9 Å². The van der Waals surface area contributed by atoms with E-state index in [0.717, 1.165) is 0 Å². The first-order chi connectivity index (χ1) is 4.61. The summed E-state index contributed by atoms with van der Waals surface area (Å²) in [4.78, 5) is 0. The second-order valence-corrected chi connectivity index (χ2v) is 3.01. The SMILES string of the molecule is [2H][Sn]([2H])([2H])[c]1ccccc1. The fraction of sp³-hybridized carbons (Fsp3) is 0. The Kier molecular flexibility index (Phi) is 0.853. The van der Waals surface area contributed by atoms with E-state index in [1.807, 2.05) is 6.07 Å². The molecule has 0 aliphatic heterocycles. The Morgan fingerprint density at radius 2 is 2.00 bits per heavy atom. The summed E-state index contributed by atoms with van der Waals surface area (Å²) in [5.41, 5.74) is 0. The van der Waals surface area contributed by atoms with Gasteiger partial charge in [0, 0.05) is 0 Å². The maximum absolute atomic E-state index is 7.22. The molecule has 1 rings (SSSR count). The van der Waals surface area contributed by atoms with Gasteiger partial charge in [0.15, 0.2) is 0 Å². The van der Waals surface area contributed by atoms with Crippen molar-refractivity contribution in [3.63, 3.8) is 0 Å². The molecule has 0 N–H and O–H groups in total. The van der Waals surface area contributed by atoms with E-state index >= 15 is 0 Å². The van der Waals surface area contributed by atoms with Crippen molar-refractivity contribution in [3.8, 4) is 0 Å². The number of rotatable bonds is 1. The normalized spacial score (nSPS) is 16.9. The molecule has 1 heteroatoms. The maximum atomic E-state index is 7.22. The molecular weight excluding hydrogens is 191 g/mol. The van der Waals surface area contributed by atoms with Crippen LogP contribution in [-0.4, -0.2) is 23.7 Å². The van der Waals surface area contributed by atoms with Crippen LogP contribution >= 0.6 is 0 Å². The van der Waals surface area contributed by atoms with E-state index in [4.69, 9.17) is 1.79 Å². The number of benzene rings is 1. The van der Waals surface area contributed by atoms with Crippen LogP contribution in [0.4, 0.5) is 0 Å². The Labute approximate surface area is 58.0 Å². The van der Waals surface area contributed by atoms with Crippen molar-refractivity contribution >= 4 is 25.5 Å². The van der Waals surface area contributed by atoms with Gasteiger partial charge in [0.25, 0.3) is 0 Å². The van der Waals surface area contributed by atoms with Crippen LogP contribution in [0.25, 0.3) is 0 Å². The molecule has 0 aliphatic carbocycles. The second-order valence-electron chi connectivity index (χ2n) is 1.37. The predicted octanol–water partition coefficient (Wildman–Crippen LogP) is -0.323. The molecule has 1 aromatic rings. The molecule has 36 valence electrons. The summed E-state index contributed by atoms with van der Waals surface area (Å²) < 4.78 is 22.3. The third-order valence-corrected chi connectivity index (χ3v) is 1.73. The van der Waals surface area contributed by atoms with E-state index in [0.29, 0.717) is 3.58 Å². The molecule has 0 radical (unpaired) electrons. The van der Waals surface area contributed by atoms with Gasteiger partial charge in [-0.05, 0) is 0 Å². The van der Waals surface area contributed by atoms with Gasteiger partial charge in [0.2, 0.25) is 0 Å². The molecule has 0 aromatic heterocycles. The first-order valence-corrected chi connectivity index (χ1v) is 3.59. The number of hydrogen-bond acceptors (Lipinski definition) is 0. The molecule has 0 fully saturated rings. The monoisotopic (exact) mass is 203 g/mol. The Bertz CT molecular complexity index is 204. The first kappa shape index (κ1) is 2.53. The summed E-state index contributed by atoms with van der Waals surface area (Å²) in [5, 5.41) is 0. The van der Waals surface area contributed by atoms with E-state index in [2.05, 4.69) is 0 Å². The average molecular weight is 202 g/mol. The summed E-state index contributed by atoms with van der Waals surface area (Å²) in [6.45, 7) is 0. The van der Waals surface area contributed by atoms with Gasteiger partial charge in [0.1, 0.15) is 0 Å². The molecule has 0 heterocycles. The molecule has 7 heavy (non-hydrogen) atoms. The quantitative estimate of drug-likeness (QED) is 0.547. The molecule has 0 nitrogen and oxygen atoms in total. The molecule has 0 atom stereocenters. The van der Waals surface area contributed by atoms with Crippen LogP contribution in [0.15, 0.2) is 30.3 Å². The molecule has 0 unspecified atom stereocenters. The van der Waals surface area contributed by atoms with Gasteiger partial charge in [-0.25, -0.2) is 0 Å². The van der Waals surface area contributed by atoms with Gasteiger partial charge in [0.05, 0.1) is 0 Å². The van der Waals surface area contributed by atoms with Crippen molar-refractivity contribution in [2.24, 2.45) is 0 Å². The molecule has 0 aliphatic rings.